The smallest absolute Gasteiger partial charge is 0.135 e. The van der Waals surface area contributed by atoms with Crippen molar-refractivity contribution >= 4 is 11.8 Å². The molecule has 136 valence electrons. The van der Waals surface area contributed by atoms with E-state index in [9.17, 15) is 5.11 Å². The van der Waals surface area contributed by atoms with E-state index in [0.717, 1.165) is 22.4 Å². The molecule has 0 aliphatic rings. The van der Waals surface area contributed by atoms with E-state index in [-0.39, 0.29) is 0 Å². The number of oxime groups is 1. The average Bonchev–Trinajstić information content (AvgIpc) is 2.74. The zero-order valence-corrected chi connectivity index (χ0v) is 15.1. The number of benzene rings is 3. The molecule has 0 aromatic heterocycles. The van der Waals surface area contributed by atoms with Crippen LogP contribution in [0.4, 0.5) is 0 Å². The van der Waals surface area contributed by atoms with Crippen LogP contribution in [0, 0.1) is 0 Å². The molecule has 0 amide bonds. The Bertz CT molecular complexity index is 859. The SMILES string of the molecule is OC(C/C(=N/OC/C=C/c1ccccc1)c1ccccc1)c1ccccc1. The van der Waals surface area contributed by atoms with Crippen LogP contribution in [0.3, 0.4) is 0 Å². The lowest BCUT2D eigenvalue weighted by molar-refractivity contribution is 0.165. The third-order valence-corrected chi connectivity index (χ3v) is 4.13. The van der Waals surface area contributed by atoms with Crippen molar-refractivity contribution in [2.75, 3.05) is 6.61 Å². The van der Waals surface area contributed by atoms with Crippen molar-refractivity contribution in [3.63, 3.8) is 0 Å². The Morgan fingerprint density at radius 1 is 0.852 bits per heavy atom. The van der Waals surface area contributed by atoms with E-state index >= 15 is 0 Å². The van der Waals surface area contributed by atoms with Crippen LogP contribution in [0.2, 0.25) is 0 Å². The Kier molecular flexibility index (Phi) is 6.96. The fourth-order valence-electron chi connectivity index (χ4n) is 2.72. The van der Waals surface area contributed by atoms with Crippen LogP contribution in [0.15, 0.2) is 102 Å². The molecule has 3 nitrogen and oxygen atoms in total. The van der Waals surface area contributed by atoms with Gasteiger partial charge in [0.15, 0.2) is 0 Å². The van der Waals surface area contributed by atoms with Crippen LogP contribution in [0.1, 0.15) is 29.2 Å². The van der Waals surface area contributed by atoms with Gasteiger partial charge in [0.05, 0.1) is 11.8 Å². The molecule has 0 heterocycles. The van der Waals surface area contributed by atoms with E-state index < -0.39 is 6.10 Å². The molecule has 1 unspecified atom stereocenters. The molecule has 27 heavy (non-hydrogen) atoms. The lowest BCUT2D eigenvalue weighted by Gasteiger charge is -2.13. The Balaban J connectivity index is 1.66. The Labute approximate surface area is 160 Å². The van der Waals surface area contributed by atoms with Crippen molar-refractivity contribution in [3.05, 3.63) is 114 Å². The summed E-state index contributed by atoms with van der Waals surface area (Å²) in [4.78, 5) is 5.50. The molecule has 3 heteroatoms. The third kappa shape index (κ3) is 5.94. The van der Waals surface area contributed by atoms with E-state index in [2.05, 4.69) is 5.16 Å². The third-order valence-electron chi connectivity index (χ3n) is 4.13. The number of aliphatic hydroxyl groups is 1. The average molecular weight is 357 g/mol. The van der Waals surface area contributed by atoms with Gasteiger partial charge in [0.25, 0.3) is 0 Å². The van der Waals surface area contributed by atoms with Gasteiger partial charge in [0.1, 0.15) is 6.61 Å². The molecule has 0 aliphatic heterocycles. The Morgan fingerprint density at radius 3 is 2.11 bits per heavy atom. The number of nitrogens with zero attached hydrogens (tertiary/aromatic N) is 1. The monoisotopic (exact) mass is 357 g/mol. The highest BCUT2D eigenvalue weighted by Crippen LogP contribution is 2.19. The van der Waals surface area contributed by atoms with E-state index in [4.69, 9.17) is 4.84 Å². The summed E-state index contributed by atoms with van der Waals surface area (Å²) in [5, 5.41) is 14.8. The highest BCUT2D eigenvalue weighted by atomic mass is 16.6. The van der Waals surface area contributed by atoms with Crippen molar-refractivity contribution in [3.8, 4) is 0 Å². The van der Waals surface area contributed by atoms with E-state index in [0.29, 0.717) is 13.0 Å². The highest BCUT2D eigenvalue weighted by Gasteiger charge is 2.13. The van der Waals surface area contributed by atoms with Gasteiger partial charge in [0.2, 0.25) is 0 Å². The van der Waals surface area contributed by atoms with E-state index in [1.807, 2.05) is 103 Å². The van der Waals surface area contributed by atoms with Gasteiger partial charge in [-0.2, -0.15) is 0 Å². The van der Waals surface area contributed by atoms with Gasteiger partial charge in [0, 0.05) is 6.42 Å². The quantitative estimate of drug-likeness (QED) is 0.340. The van der Waals surface area contributed by atoms with Gasteiger partial charge in [-0.1, -0.05) is 102 Å². The molecule has 0 aliphatic carbocycles. The largest absolute Gasteiger partial charge is 0.391 e. The zero-order valence-electron chi connectivity index (χ0n) is 15.1. The number of hydrogen-bond donors (Lipinski definition) is 1. The predicted molar refractivity (Wildman–Crippen MR) is 110 cm³/mol. The minimum atomic E-state index is -0.631. The fourth-order valence-corrected chi connectivity index (χ4v) is 2.72. The first-order chi connectivity index (χ1) is 13.3. The van der Waals surface area contributed by atoms with Crippen molar-refractivity contribution in [2.45, 2.75) is 12.5 Å². The van der Waals surface area contributed by atoms with Crippen LogP contribution in [-0.4, -0.2) is 17.4 Å². The van der Waals surface area contributed by atoms with Crippen LogP contribution in [0.5, 0.6) is 0 Å². The topological polar surface area (TPSA) is 41.8 Å². The Hall–Kier alpha value is -3.17. The zero-order chi connectivity index (χ0) is 18.7. The van der Waals surface area contributed by atoms with Gasteiger partial charge >= 0.3 is 0 Å². The summed E-state index contributed by atoms with van der Waals surface area (Å²) in [5.41, 5.74) is 3.65. The summed E-state index contributed by atoms with van der Waals surface area (Å²) in [6, 6.07) is 29.5. The summed E-state index contributed by atoms with van der Waals surface area (Å²) in [5.74, 6) is 0. The minimum Gasteiger partial charge on any atom is -0.391 e. The molecule has 0 bridgehead atoms. The van der Waals surface area contributed by atoms with Gasteiger partial charge in [-0.15, -0.1) is 0 Å². The van der Waals surface area contributed by atoms with Crippen LogP contribution < -0.4 is 0 Å². The van der Waals surface area contributed by atoms with Crippen LogP contribution in [0.25, 0.3) is 6.08 Å². The second kappa shape index (κ2) is 10.1. The molecule has 1 atom stereocenters. The lowest BCUT2D eigenvalue weighted by atomic mass is 10.00. The molecule has 0 spiro atoms. The van der Waals surface area contributed by atoms with Crippen molar-refractivity contribution in [1.29, 1.82) is 0 Å². The van der Waals surface area contributed by atoms with E-state index in [1.54, 1.807) is 0 Å². The molecule has 3 aromatic carbocycles. The molecule has 0 saturated carbocycles. The molecule has 1 N–H and O–H groups in total. The molecule has 0 radical (unpaired) electrons. The highest BCUT2D eigenvalue weighted by molar-refractivity contribution is 6.00. The van der Waals surface area contributed by atoms with Crippen molar-refractivity contribution in [1.82, 2.24) is 0 Å². The summed E-state index contributed by atoms with van der Waals surface area (Å²) in [6.07, 6.45) is 3.68. The standard InChI is InChI=1S/C24H23NO2/c26-24(22-16-8-3-9-17-22)19-23(21-14-6-2-7-15-21)25-27-18-10-13-20-11-4-1-5-12-20/h1-17,24,26H,18-19H2/b13-10+,25-23-. The molecule has 3 rings (SSSR count). The molecular weight excluding hydrogens is 334 g/mol. The maximum Gasteiger partial charge on any atom is 0.135 e. The van der Waals surface area contributed by atoms with Gasteiger partial charge < -0.3 is 9.94 Å². The number of aliphatic hydroxyl groups excluding tert-OH is 1. The second-order valence-corrected chi connectivity index (χ2v) is 6.14. The first kappa shape index (κ1) is 18.6. The van der Waals surface area contributed by atoms with Gasteiger partial charge in [-0.25, -0.2) is 0 Å². The first-order valence-electron chi connectivity index (χ1n) is 9.02. The van der Waals surface area contributed by atoms with Gasteiger partial charge in [-0.05, 0) is 22.8 Å². The maximum absolute atomic E-state index is 10.6. The minimum absolute atomic E-state index is 0.368. The summed E-state index contributed by atoms with van der Waals surface area (Å²) < 4.78 is 0. The van der Waals surface area contributed by atoms with Crippen LogP contribution in [-0.2, 0) is 4.84 Å². The molecular formula is C24H23NO2. The predicted octanol–water partition coefficient (Wildman–Crippen LogP) is 5.24. The molecule has 3 aromatic rings. The Morgan fingerprint density at radius 2 is 1.44 bits per heavy atom. The van der Waals surface area contributed by atoms with Crippen molar-refractivity contribution in [2.24, 2.45) is 5.16 Å². The summed E-state index contributed by atoms with van der Waals surface area (Å²) >= 11 is 0. The van der Waals surface area contributed by atoms with Crippen LogP contribution >= 0.6 is 0 Å². The van der Waals surface area contributed by atoms with Gasteiger partial charge in [-0.3, -0.25) is 0 Å². The lowest BCUT2D eigenvalue weighted by Crippen LogP contribution is -2.09. The number of hydrogen-bond acceptors (Lipinski definition) is 3. The maximum atomic E-state index is 10.6. The van der Waals surface area contributed by atoms with E-state index in [1.165, 1.54) is 0 Å². The molecule has 0 saturated heterocycles. The normalized spacial score (nSPS) is 12.9. The fraction of sp³-hybridized carbons (Fsp3) is 0.125. The first-order valence-corrected chi connectivity index (χ1v) is 9.02. The summed E-state index contributed by atoms with van der Waals surface area (Å²) in [7, 11) is 0. The van der Waals surface area contributed by atoms with Crippen molar-refractivity contribution < 1.29 is 9.94 Å². The second-order valence-electron chi connectivity index (χ2n) is 6.14. The molecule has 0 fully saturated rings. The summed E-state index contributed by atoms with van der Waals surface area (Å²) in [6.45, 7) is 0.368. The number of rotatable bonds is 8.